The van der Waals surface area contributed by atoms with Crippen molar-refractivity contribution in [2.45, 2.75) is 129 Å². The van der Waals surface area contributed by atoms with Gasteiger partial charge in [0, 0.05) is 12.2 Å². The molecule has 3 nitrogen and oxygen atoms in total. The fourth-order valence-electron chi connectivity index (χ4n) is 7.98. The Bertz CT molecular complexity index is 1170. The summed E-state index contributed by atoms with van der Waals surface area (Å²) in [5, 5.41) is 10.8. The third-order valence-electron chi connectivity index (χ3n) is 10.8. The van der Waals surface area contributed by atoms with E-state index < -0.39 is 8.07 Å². The lowest BCUT2D eigenvalue weighted by atomic mass is 9.68. The van der Waals surface area contributed by atoms with Crippen molar-refractivity contribution in [3.8, 4) is 11.1 Å². The zero-order chi connectivity index (χ0) is 30.8. The van der Waals surface area contributed by atoms with Gasteiger partial charge >= 0.3 is 5.97 Å². The Morgan fingerprint density at radius 3 is 2.12 bits per heavy atom. The van der Waals surface area contributed by atoms with Gasteiger partial charge in [0.2, 0.25) is 0 Å². The maximum absolute atomic E-state index is 12.2. The fraction of sp³-hybridized carbons (Fsp3) is 0.615. The van der Waals surface area contributed by atoms with Gasteiger partial charge in [-0.1, -0.05) is 113 Å². The number of carbonyl (C=O) groups excluding carboxylic acids is 1. The number of ether oxygens (including phenoxy) is 1. The molecule has 236 valence electrons. The topological polar surface area (TPSA) is 46.5 Å². The second-order valence-electron chi connectivity index (χ2n) is 14.4. The minimum absolute atomic E-state index is 0.211. The number of esters is 1. The monoisotopic (exact) mass is 602 g/mol. The van der Waals surface area contributed by atoms with Crippen LogP contribution in [0, 0.1) is 17.8 Å². The zero-order valence-corrected chi connectivity index (χ0v) is 28.6. The van der Waals surface area contributed by atoms with E-state index in [2.05, 4.69) is 69.1 Å². The van der Waals surface area contributed by atoms with Crippen molar-refractivity contribution in [1.29, 1.82) is 0 Å². The molecule has 43 heavy (non-hydrogen) atoms. The Morgan fingerprint density at radius 1 is 0.884 bits per heavy atom. The van der Waals surface area contributed by atoms with Gasteiger partial charge in [0.25, 0.3) is 0 Å². The molecular formula is C39H58O3Si. The average Bonchev–Trinajstić information content (AvgIpc) is 3.03. The molecule has 0 spiro atoms. The second-order valence-corrected chi connectivity index (χ2v) is 19.3. The summed E-state index contributed by atoms with van der Waals surface area (Å²) in [6.07, 6.45) is 17.9. The predicted octanol–water partition coefficient (Wildman–Crippen LogP) is 9.93. The first-order chi connectivity index (χ1) is 20.7. The van der Waals surface area contributed by atoms with Crippen molar-refractivity contribution < 1.29 is 14.6 Å². The molecule has 0 aromatic heterocycles. The van der Waals surface area contributed by atoms with Gasteiger partial charge in [0.05, 0.1) is 8.07 Å². The number of hydrogen-bond acceptors (Lipinski definition) is 3. The maximum atomic E-state index is 12.2. The Balaban J connectivity index is 1.37. The first kappa shape index (κ1) is 33.7. The summed E-state index contributed by atoms with van der Waals surface area (Å²) in [6, 6.07) is 17.0. The molecule has 2 fully saturated rings. The molecule has 0 saturated heterocycles. The Kier molecular flexibility index (Phi) is 12.7. The van der Waals surface area contributed by atoms with Gasteiger partial charge in [0.1, 0.15) is 6.61 Å². The SMILES string of the molecule is C=C(C)C(=O)OCc1cc(-c2ccc(C3CCC(C4CCC(CCCCC)CC4)CC3)cc2)ccc1[Si](C)(C)CCCO. The van der Waals surface area contributed by atoms with Crippen molar-refractivity contribution in [2.24, 2.45) is 17.8 Å². The molecule has 0 aliphatic heterocycles. The smallest absolute Gasteiger partial charge is 0.333 e. The van der Waals surface area contributed by atoms with E-state index in [1.807, 2.05) is 0 Å². The summed E-state index contributed by atoms with van der Waals surface area (Å²) < 4.78 is 5.63. The van der Waals surface area contributed by atoms with E-state index in [9.17, 15) is 9.90 Å². The van der Waals surface area contributed by atoms with Gasteiger partial charge in [-0.2, -0.15) is 0 Å². The van der Waals surface area contributed by atoms with Crippen LogP contribution in [0.3, 0.4) is 0 Å². The normalized spacial score (nSPS) is 22.7. The van der Waals surface area contributed by atoms with Crippen LogP contribution in [-0.2, 0) is 16.1 Å². The van der Waals surface area contributed by atoms with Gasteiger partial charge < -0.3 is 9.84 Å². The van der Waals surface area contributed by atoms with Gasteiger partial charge in [-0.15, -0.1) is 0 Å². The zero-order valence-electron chi connectivity index (χ0n) is 27.6. The van der Waals surface area contributed by atoms with E-state index in [-0.39, 0.29) is 19.2 Å². The van der Waals surface area contributed by atoms with Crippen LogP contribution < -0.4 is 5.19 Å². The predicted molar refractivity (Wildman–Crippen MR) is 184 cm³/mol. The summed E-state index contributed by atoms with van der Waals surface area (Å²) in [5.74, 6) is 3.28. The van der Waals surface area contributed by atoms with Crippen LogP contribution in [0.1, 0.15) is 114 Å². The van der Waals surface area contributed by atoms with Crippen molar-refractivity contribution in [1.82, 2.24) is 0 Å². The molecule has 0 radical (unpaired) electrons. The van der Waals surface area contributed by atoms with Crippen LogP contribution >= 0.6 is 0 Å². The molecule has 2 aromatic carbocycles. The standard InChI is InChI=1S/C39H58O3Si/c1-6-7-8-10-30-11-13-31(14-12-30)32-15-17-33(18-16-32)34-19-21-35(22-20-34)36-23-24-38(43(4,5)26-9-25-40)37(27-36)28-42-39(41)29(2)3/h19-24,27,30-33,40H,2,6-18,25-26,28H2,1,3-5H3. The molecule has 0 bridgehead atoms. The van der Waals surface area contributed by atoms with Crippen LogP contribution in [0.15, 0.2) is 54.6 Å². The minimum atomic E-state index is -1.80. The summed E-state index contributed by atoms with van der Waals surface area (Å²) in [7, 11) is -1.80. The van der Waals surface area contributed by atoms with Gasteiger partial charge in [-0.3, -0.25) is 0 Å². The molecule has 1 N–H and O–H groups in total. The van der Waals surface area contributed by atoms with E-state index in [0.29, 0.717) is 11.5 Å². The van der Waals surface area contributed by atoms with E-state index in [1.165, 1.54) is 93.4 Å². The molecule has 2 aliphatic carbocycles. The van der Waals surface area contributed by atoms with Crippen molar-refractivity contribution >= 4 is 19.2 Å². The fourth-order valence-corrected chi connectivity index (χ4v) is 10.8. The van der Waals surface area contributed by atoms with Crippen LogP contribution in [0.2, 0.25) is 19.1 Å². The lowest BCUT2D eigenvalue weighted by molar-refractivity contribution is -0.140. The van der Waals surface area contributed by atoms with Crippen LogP contribution in [0.4, 0.5) is 0 Å². The van der Waals surface area contributed by atoms with E-state index in [4.69, 9.17) is 4.74 Å². The Labute approximate surface area is 263 Å². The van der Waals surface area contributed by atoms with E-state index >= 15 is 0 Å². The van der Waals surface area contributed by atoms with Gasteiger partial charge in [-0.05, 0) is 104 Å². The van der Waals surface area contributed by atoms with Crippen molar-refractivity contribution in [2.75, 3.05) is 6.61 Å². The molecule has 4 heteroatoms. The number of rotatable bonds is 14. The van der Waals surface area contributed by atoms with Crippen LogP contribution in [-0.4, -0.2) is 25.8 Å². The molecule has 0 atom stereocenters. The quantitative estimate of drug-likeness (QED) is 0.101. The van der Waals surface area contributed by atoms with Crippen LogP contribution in [0.5, 0.6) is 0 Å². The Hall–Kier alpha value is -2.17. The van der Waals surface area contributed by atoms with E-state index in [1.54, 1.807) is 6.92 Å². The first-order valence-electron chi connectivity index (χ1n) is 17.4. The highest BCUT2D eigenvalue weighted by atomic mass is 28.3. The maximum Gasteiger partial charge on any atom is 0.333 e. The third kappa shape index (κ3) is 9.41. The molecule has 0 heterocycles. The molecule has 0 amide bonds. The lowest BCUT2D eigenvalue weighted by Crippen LogP contribution is -2.43. The molecular weight excluding hydrogens is 545 g/mol. The number of aliphatic hydroxyl groups excluding tert-OH is 1. The van der Waals surface area contributed by atoms with Gasteiger partial charge in [0.15, 0.2) is 0 Å². The number of aliphatic hydroxyl groups is 1. The lowest BCUT2D eigenvalue weighted by Gasteiger charge is -2.38. The largest absolute Gasteiger partial charge is 0.457 e. The van der Waals surface area contributed by atoms with Crippen molar-refractivity contribution in [3.63, 3.8) is 0 Å². The molecule has 4 rings (SSSR count). The highest BCUT2D eigenvalue weighted by Crippen LogP contribution is 2.44. The Morgan fingerprint density at radius 2 is 1.51 bits per heavy atom. The van der Waals surface area contributed by atoms with Gasteiger partial charge in [-0.25, -0.2) is 4.79 Å². The van der Waals surface area contributed by atoms with Crippen LogP contribution in [0.25, 0.3) is 11.1 Å². The summed E-state index contributed by atoms with van der Waals surface area (Å²) in [5.41, 5.74) is 5.37. The molecule has 0 unspecified atom stereocenters. The van der Waals surface area contributed by atoms with E-state index in [0.717, 1.165) is 41.3 Å². The summed E-state index contributed by atoms with van der Waals surface area (Å²) in [4.78, 5) is 12.2. The molecule has 2 aliphatic rings. The number of carbonyl (C=O) groups is 1. The summed E-state index contributed by atoms with van der Waals surface area (Å²) in [6.45, 7) is 12.9. The molecule has 2 saturated carbocycles. The molecule has 2 aromatic rings. The van der Waals surface area contributed by atoms with Crippen molar-refractivity contribution in [3.05, 3.63) is 65.7 Å². The highest BCUT2D eigenvalue weighted by Gasteiger charge is 2.31. The second kappa shape index (κ2) is 16.2. The summed E-state index contributed by atoms with van der Waals surface area (Å²) >= 11 is 0. The third-order valence-corrected chi connectivity index (χ3v) is 14.3. The number of benzene rings is 2. The number of unbranched alkanes of at least 4 members (excludes halogenated alkanes) is 2. The minimum Gasteiger partial charge on any atom is -0.457 e. The average molecular weight is 603 g/mol. The highest BCUT2D eigenvalue weighted by molar-refractivity contribution is 6.90. The first-order valence-corrected chi connectivity index (χ1v) is 20.6. The number of hydrogen-bond donors (Lipinski definition) is 1.